The lowest BCUT2D eigenvalue weighted by Crippen LogP contribution is -2.47. The van der Waals surface area contributed by atoms with Gasteiger partial charge in [0.2, 0.25) is 11.0 Å². The monoisotopic (exact) mass is 602 g/mol. The Hall–Kier alpha value is -3.50. The molecule has 6 rings (SSSR count). The minimum absolute atomic E-state index is 0.0783. The van der Waals surface area contributed by atoms with E-state index in [4.69, 9.17) is 4.74 Å². The lowest BCUT2D eigenvalue weighted by molar-refractivity contribution is -0.128. The molecule has 43 heavy (non-hydrogen) atoms. The minimum atomic E-state index is -0.0783. The Bertz CT molecular complexity index is 1410. The number of ether oxygens (including phenoxy) is 1. The maximum Gasteiger partial charge on any atom is 0.251 e. The second kappa shape index (κ2) is 13.4. The molecule has 2 aromatic carbocycles. The highest BCUT2D eigenvalue weighted by molar-refractivity contribution is 7.18. The summed E-state index contributed by atoms with van der Waals surface area (Å²) in [5.74, 6) is 1.32. The van der Waals surface area contributed by atoms with Crippen LogP contribution in [-0.4, -0.2) is 69.6 Å². The van der Waals surface area contributed by atoms with Gasteiger partial charge in [0, 0.05) is 67.4 Å². The van der Waals surface area contributed by atoms with Crippen molar-refractivity contribution < 1.29 is 14.3 Å². The van der Waals surface area contributed by atoms with Crippen LogP contribution in [-0.2, 0) is 11.3 Å². The van der Waals surface area contributed by atoms with Crippen LogP contribution in [0.1, 0.15) is 81.1 Å². The van der Waals surface area contributed by atoms with Crippen LogP contribution >= 0.6 is 11.3 Å². The van der Waals surface area contributed by atoms with E-state index in [0.717, 1.165) is 66.2 Å². The van der Waals surface area contributed by atoms with Crippen molar-refractivity contribution in [2.45, 2.75) is 89.9 Å². The van der Waals surface area contributed by atoms with E-state index in [1.165, 1.54) is 37.0 Å². The van der Waals surface area contributed by atoms with Gasteiger partial charge in [-0.2, -0.15) is 0 Å². The molecule has 2 N–H and O–H groups in total. The van der Waals surface area contributed by atoms with Gasteiger partial charge < -0.3 is 25.2 Å². The van der Waals surface area contributed by atoms with E-state index in [0.29, 0.717) is 30.0 Å². The topological polar surface area (TPSA) is 99.7 Å². The summed E-state index contributed by atoms with van der Waals surface area (Å²) >= 11 is 1.51. The average molecular weight is 603 g/mol. The Labute approximate surface area is 258 Å². The van der Waals surface area contributed by atoms with Gasteiger partial charge in [-0.15, -0.1) is 10.2 Å². The zero-order valence-corrected chi connectivity index (χ0v) is 26.0. The number of hydrogen-bond acceptors (Lipinski definition) is 8. The number of carbonyl (C=O) groups excluding carboxylic acids is 2. The molecule has 3 heterocycles. The number of hydrogen-bond donors (Lipinski definition) is 2. The minimum Gasteiger partial charge on any atom is -0.457 e. The van der Waals surface area contributed by atoms with Crippen molar-refractivity contribution in [2.75, 3.05) is 25.0 Å². The van der Waals surface area contributed by atoms with Gasteiger partial charge in [-0.3, -0.25) is 9.59 Å². The molecule has 0 radical (unpaired) electrons. The Morgan fingerprint density at radius 3 is 2.47 bits per heavy atom. The zero-order valence-electron chi connectivity index (χ0n) is 25.2. The summed E-state index contributed by atoms with van der Waals surface area (Å²) in [6.07, 6.45) is 8.74. The predicted molar refractivity (Wildman–Crippen MR) is 170 cm³/mol. The van der Waals surface area contributed by atoms with Crippen molar-refractivity contribution in [1.82, 2.24) is 25.3 Å². The van der Waals surface area contributed by atoms with Gasteiger partial charge in [-0.25, -0.2) is 0 Å². The summed E-state index contributed by atoms with van der Waals surface area (Å²) in [6, 6.07) is 14.5. The van der Waals surface area contributed by atoms with Gasteiger partial charge in [-0.05, 0) is 82.3 Å². The molecule has 0 atom stereocenters. The fourth-order valence-electron chi connectivity index (χ4n) is 6.38. The fraction of sp³-hybridized carbons (Fsp3) is 0.515. The molecular formula is C33H42N6O3S. The number of rotatable bonds is 10. The van der Waals surface area contributed by atoms with Crippen molar-refractivity contribution in [3.05, 3.63) is 53.6 Å². The Balaban J connectivity index is 1.15. The summed E-state index contributed by atoms with van der Waals surface area (Å²) in [4.78, 5) is 30.2. The van der Waals surface area contributed by atoms with Crippen molar-refractivity contribution in [2.24, 2.45) is 0 Å². The van der Waals surface area contributed by atoms with Crippen molar-refractivity contribution in [1.29, 1.82) is 0 Å². The summed E-state index contributed by atoms with van der Waals surface area (Å²) in [7, 11) is 0. The molecule has 0 spiro atoms. The molecule has 3 aromatic rings. The van der Waals surface area contributed by atoms with E-state index in [9.17, 15) is 9.59 Å². The molecule has 2 saturated heterocycles. The third kappa shape index (κ3) is 7.36. The van der Waals surface area contributed by atoms with Crippen molar-refractivity contribution in [3.63, 3.8) is 0 Å². The van der Waals surface area contributed by atoms with E-state index in [1.54, 1.807) is 0 Å². The molecule has 3 fully saturated rings. The molecule has 10 heteroatoms. The van der Waals surface area contributed by atoms with E-state index < -0.39 is 0 Å². The van der Waals surface area contributed by atoms with Gasteiger partial charge in [-0.1, -0.05) is 30.2 Å². The molecular weight excluding hydrogens is 560 g/mol. The van der Waals surface area contributed by atoms with Crippen molar-refractivity contribution >= 4 is 28.3 Å². The molecule has 1 saturated carbocycles. The van der Waals surface area contributed by atoms with E-state index >= 15 is 0 Å². The molecule has 228 valence electrons. The second-order valence-corrected chi connectivity index (χ2v) is 13.3. The highest BCUT2D eigenvalue weighted by Gasteiger charge is 2.28. The number of carbonyl (C=O) groups is 2. The number of nitrogens with one attached hydrogen (secondary N) is 2. The third-order valence-corrected chi connectivity index (χ3v) is 9.64. The van der Waals surface area contributed by atoms with E-state index in [1.807, 2.05) is 47.4 Å². The summed E-state index contributed by atoms with van der Waals surface area (Å²) in [5, 5.41) is 16.7. The number of nitrogens with zero attached hydrogens (tertiary/aromatic N) is 4. The Morgan fingerprint density at radius 2 is 1.77 bits per heavy atom. The molecule has 2 amide bonds. The first-order valence-corrected chi connectivity index (χ1v) is 16.6. The second-order valence-electron chi connectivity index (χ2n) is 12.3. The molecule has 3 aliphatic rings. The largest absolute Gasteiger partial charge is 0.457 e. The number of aromatic nitrogens is 2. The number of anilines is 1. The maximum atomic E-state index is 13.4. The summed E-state index contributed by atoms with van der Waals surface area (Å²) in [6.45, 7) is 7.44. The standard InChI is InChI=1S/C33H42N6O3S/c1-22(2)34-33-37-36-32(43-33)23-11-13-28(14-12-23)42-29-20-24(9-10-25(29)21-39-17-5-8-30(39)40)31(41)35-26-15-18-38(19-16-26)27-6-3-4-7-27/h9-14,20,22,26-27H,3-8,15-19,21H2,1-2H3,(H,34,37)(H,35,41). The fourth-order valence-corrected chi connectivity index (χ4v) is 7.28. The quantitative estimate of drug-likeness (QED) is 0.290. The van der Waals surface area contributed by atoms with Gasteiger partial charge in [0.25, 0.3) is 5.91 Å². The normalized spacial score (nSPS) is 18.5. The van der Waals surface area contributed by atoms with Gasteiger partial charge in [0.1, 0.15) is 16.5 Å². The number of piperidine rings is 1. The number of likely N-dealkylation sites (tertiary alicyclic amines) is 2. The first kappa shape index (κ1) is 29.6. The average Bonchev–Trinajstić information content (AvgIpc) is 3.78. The highest BCUT2D eigenvalue weighted by atomic mass is 32.1. The summed E-state index contributed by atoms with van der Waals surface area (Å²) in [5.41, 5.74) is 2.41. The maximum absolute atomic E-state index is 13.4. The van der Waals surface area contributed by atoms with Crippen LogP contribution in [0.25, 0.3) is 10.6 Å². The zero-order chi connectivity index (χ0) is 29.8. The van der Waals surface area contributed by atoms with Crippen LogP contribution in [0.15, 0.2) is 42.5 Å². The van der Waals surface area contributed by atoms with E-state index in [2.05, 4.69) is 39.6 Å². The first-order valence-electron chi connectivity index (χ1n) is 15.8. The lowest BCUT2D eigenvalue weighted by atomic mass is 10.0. The third-order valence-electron chi connectivity index (χ3n) is 8.73. The van der Waals surface area contributed by atoms with Gasteiger partial charge >= 0.3 is 0 Å². The smallest absolute Gasteiger partial charge is 0.251 e. The lowest BCUT2D eigenvalue weighted by Gasteiger charge is -2.36. The van der Waals surface area contributed by atoms with Crippen LogP contribution in [0.2, 0.25) is 0 Å². The number of amides is 2. The molecule has 1 aromatic heterocycles. The Morgan fingerprint density at radius 1 is 1.00 bits per heavy atom. The van der Waals surface area contributed by atoms with Crippen LogP contribution in [0.5, 0.6) is 11.5 Å². The summed E-state index contributed by atoms with van der Waals surface area (Å²) < 4.78 is 6.39. The van der Waals surface area contributed by atoms with E-state index in [-0.39, 0.29) is 23.9 Å². The number of benzene rings is 2. The molecule has 0 unspecified atom stereocenters. The first-order chi connectivity index (χ1) is 20.9. The SMILES string of the molecule is CC(C)Nc1nnc(-c2ccc(Oc3cc(C(=O)NC4CCN(C5CCCC5)CC4)ccc3CN3CCCC3=O)cc2)s1. The van der Waals surface area contributed by atoms with Crippen molar-refractivity contribution in [3.8, 4) is 22.1 Å². The molecule has 9 nitrogen and oxygen atoms in total. The highest BCUT2D eigenvalue weighted by Crippen LogP contribution is 2.33. The van der Waals surface area contributed by atoms with Gasteiger partial charge in [0.15, 0.2) is 0 Å². The Kier molecular flexibility index (Phi) is 9.23. The predicted octanol–water partition coefficient (Wildman–Crippen LogP) is 6.08. The molecule has 2 aliphatic heterocycles. The van der Waals surface area contributed by atoms with Gasteiger partial charge in [0.05, 0.1) is 0 Å². The van der Waals surface area contributed by atoms with Crippen LogP contribution in [0, 0.1) is 0 Å². The van der Waals surface area contributed by atoms with Crippen LogP contribution in [0.3, 0.4) is 0 Å². The van der Waals surface area contributed by atoms with Crippen LogP contribution in [0.4, 0.5) is 5.13 Å². The molecule has 0 bridgehead atoms. The van der Waals surface area contributed by atoms with Crippen LogP contribution < -0.4 is 15.4 Å². The molecule has 1 aliphatic carbocycles.